The zero-order valence-electron chi connectivity index (χ0n) is 20.3. The van der Waals surface area contributed by atoms with Gasteiger partial charge in [0.1, 0.15) is 5.82 Å². The molecule has 2 aliphatic rings. The van der Waals surface area contributed by atoms with Gasteiger partial charge in [-0.2, -0.15) is 0 Å². The zero-order valence-corrected chi connectivity index (χ0v) is 20.3. The maximum Gasteiger partial charge on any atom is 0.328 e. The first-order valence-electron chi connectivity index (χ1n) is 12.1. The highest BCUT2D eigenvalue weighted by Gasteiger charge is 2.39. The largest absolute Gasteiger partial charge is 0.478 e. The monoisotopic (exact) mass is 481 g/mol. The second-order valence-electron chi connectivity index (χ2n) is 9.07. The number of rotatable bonds is 5. The standard InChI is InChI=1S/C30H28FN3O2/c1-3-19-5-4-6-24-25-13-18(7-10-27(35)36)14-26(31)28(25)30-23-9-8-20(22(16-32)17-33-2)15-21(23)11-12-34(30)29(19)24/h4-10,13-17,30H,3,11-12,32H2,1-2H3,(H,35,36)/b10-7+,22-16?,33-17?. The van der Waals surface area contributed by atoms with Crippen molar-refractivity contribution in [2.24, 2.45) is 10.7 Å². The number of anilines is 1. The lowest BCUT2D eigenvalue weighted by atomic mass is 9.78. The molecule has 2 aliphatic heterocycles. The number of carbonyl (C=O) groups is 1. The first-order valence-corrected chi connectivity index (χ1v) is 12.1. The molecular weight excluding hydrogens is 453 g/mol. The van der Waals surface area contributed by atoms with E-state index in [1.165, 1.54) is 17.7 Å². The number of aryl methyl sites for hydroxylation is 1. The van der Waals surface area contributed by atoms with E-state index in [-0.39, 0.29) is 11.9 Å². The molecule has 0 radical (unpaired) electrons. The van der Waals surface area contributed by atoms with Gasteiger partial charge < -0.3 is 15.7 Å². The summed E-state index contributed by atoms with van der Waals surface area (Å²) in [7, 11) is 1.71. The molecule has 3 N–H and O–H groups in total. The molecule has 0 spiro atoms. The Morgan fingerprint density at radius 3 is 2.78 bits per heavy atom. The minimum atomic E-state index is -1.07. The first-order chi connectivity index (χ1) is 17.5. The molecule has 0 bridgehead atoms. The molecule has 0 fully saturated rings. The molecule has 3 aromatic rings. The summed E-state index contributed by atoms with van der Waals surface area (Å²) in [6.45, 7) is 2.89. The molecule has 1 unspecified atom stereocenters. The van der Waals surface area contributed by atoms with Crippen LogP contribution in [-0.4, -0.2) is 30.9 Å². The minimum absolute atomic E-state index is 0.277. The fraction of sp³-hybridized carbons (Fsp3) is 0.200. The van der Waals surface area contributed by atoms with Crippen molar-refractivity contribution in [1.82, 2.24) is 0 Å². The third-order valence-electron chi connectivity index (χ3n) is 7.07. The molecule has 0 amide bonds. The number of aliphatic carboxylic acids is 1. The summed E-state index contributed by atoms with van der Waals surface area (Å²) < 4.78 is 15.9. The summed E-state index contributed by atoms with van der Waals surface area (Å²) in [6.07, 6.45) is 7.46. The second-order valence-corrected chi connectivity index (χ2v) is 9.07. The van der Waals surface area contributed by atoms with E-state index in [1.54, 1.807) is 19.5 Å². The van der Waals surface area contributed by atoms with Gasteiger partial charge in [-0.15, -0.1) is 0 Å². The lowest BCUT2D eigenvalue weighted by molar-refractivity contribution is -0.131. The zero-order chi connectivity index (χ0) is 25.4. The van der Waals surface area contributed by atoms with Crippen LogP contribution in [0.1, 0.15) is 46.3 Å². The lowest BCUT2D eigenvalue weighted by Gasteiger charge is -2.45. The Bertz CT molecular complexity index is 1450. The topological polar surface area (TPSA) is 78.9 Å². The number of nitrogens with zero attached hydrogens (tertiary/aromatic N) is 2. The van der Waals surface area contributed by atoms with Crippen molar-refractivity contribution >= 4 is 29.5 Å². The summed E-state index contributed by atoms with van der Waals surface area (Å²) >= 11 is 0. The second kappa shape index (κ2) is 9.46. The molecule has 0 aromatic heterocycles. The Morgan fingerprint density at radius 2 is 2.06 bits per heavy atom. The minimum Gasteiger partial charge on any atom is -0.478 e. The number of para-hydroxylation sites is 1. The summed E-state index contributed by atoms with van der Waals surface area (Å²) in [6, 6.07) is 15.5. The van der Waals surface area contributed by atoms with Crippen LogP contribution in [0.3, 0.4) is 0 Å². The van der Waals surface area contributed by atoms with Gasteiger partial charge in [-0.05, 0) is 64.4 Å². The van der Waals surface area contributed by atoms with Crippen LogP contribution in [0, 0.1) is 5.82 Å². The molecule has 5 nitrogen and oxygen atoms in total. The fourth-order valence-corrected chi connectivity index (χ4v) is 5.55. The van der Waals surface area contributed by atoms with Crippen LogP contribution in [-0.2, 0) is 17.6 Å². The average molecular weight is 482 g/mol. The van der Waals surface area contributed by atoms with E-state index in [2.05, 4.69) is 35.0 Å². The highest BCUT2D eigenvalue weighted by Crippen LogP contribution is 2.52. The van der Waals surface area contributed by atoms with Crippen molar-refractivity contribution in [1.29, 1.82) is 0 Å². The molecule has 0 saturated heterocycles. The number of hydrogen-bond donors (Lipinski definition) is 2. The van der Waals surface area contributed by atoms with E-state index in [9.17, 15) is 4.79 Å². The highest BCUT2D eigenvalue weighted by molar-refractivity contribution is 6.09. The van der Waals surface area contributed by atoms with Crippen LogP contribution in [0.5, 0.6) is 0 Å². The van der Waals surface area contributed by atoms with E-state index < -0.39 is 5.97 Å². The van der Waals surface area contributed by atoms with E-state index in [4.69, 9.17) is 10.8 Å². The van der Waals surface area contributed by atoms with E-state index in [1.807, 2.05) is 24.3 Å². The SMILES string of the molecule is CCc1cccc2c1N1CCc3cc(C(C=NC)=CN)ccc3C1c1c(F)cc(/C=C/C(=O)O)cc1-2. The van der Waals surface area contributed by atoms with Crippen molar-refractivity contribution in [2.45, 2.75) is 25.8 Å². The van der Waals surface area contributed by atoms with E-state index in [0.717, 1.165) is 64.5 Å². The third kappa shape index (κ3) is 3.88. The average Bonchev–Trinajstić information content (AvgIpc) is 2.89. The van der Waals surface area contributed by atoms with Crippen LogP contribution in [0.2, 0.25) is 0 Å². The van der Waals surface area contributed by atoms with Gasteiger partial charge in [0.25, 0.3) is 0 Å². The van der Waals surface area contributed by atoms with Gasteiger partial charge in [-0.3, -0.25) is 4.99 Å². The number of nitrogens with two attached hydrogens (primary N) is 1. The van der Waals surface area contributed by atoms with Crippen LogP contribution >= 0.6 is 0 Å². The van der Waals surface area contributed by atoms with Crippen molar-refractivity contribution in [3.8, 4) is 11.1 Å². The van der Waals surface area contributed by atoms with E-state index >= 15 is 4.39 Å². The van der Waals surface area contributed by atoms with Crippen molar-refractivity contribution in [3.05, 3.63) is 100 Å². The smallest absolute Gasteiger partial charge is 0.328 e. The molecular formula is C30H28FN3O2. The molecule has 3 aromatic carbocycles. The first kappa shape index (κ1) is 23.5. The summed E-state index contributed by atoms with van der Waals surface area (Å²) in [5, 5.41) is 9.08. The molecule has 0 saturated carbocycles. The number of fused-ring (bicyclic) bond motifs is 8. The maximum absolute atomic E-state index is 15.9. The van der Waals surface area contributed by atoms with Crippen molar-refractivity contribution in [2.75, 3.05) is 18.5 Å². The quantitative estimate of drug-likeness (QED) is 0.366. The number of allylic oxidation sites excluding steroid dienone is 1. The number of halogens is 1. The Balaban J connectivity index is 1.74. The lowest BCUT2D eigenvalue weighted by Crippen LogP contribution is -2.40. The summed E-state index contributed by atoms with van der Waals surface area (Å²) in [5.41, 5.74) is 15.2. The normalized spacial score (nSPS) is 16.6. The molecule has 182 valence electrons. The third-order valence-corrected chi connectivity index (χ3v) is 7.07. The van der Waals surface area contributed by atoms with Crippen LogP contribution in [0.4, 0.5) is 10.1 Å². The molecule has 5 rings (SSSR count). The van der Waals surface area contributed by atoms with Crippen molar-refractivity contribution in [3.63, 3.8) is 0 Å². The van der Waals surface area contributed by atoms with E-state index in [0.29, 0.717) is 11.1 Å². The van der Waals surface area contributed by atoms with Gasteiger partial charge in [0.2, 0.25) is 0 Å². The van der Waals surface area contributed by atoms with Crippen LogP contribution in [0.15, 0.2) is 65.8 Å². The Morgan fingerprint density at radius 1 is 1.22 bits per heavy atom. The number of hydrogen-bond acceptors (Lipinski definition) is 4. The summed E-state index contributed by atoms with van der Waals surface area (Å²) in [5.74, 6) is -1.40. The Kier molecular flexibility index (Phi) is 6.18. The van der Waals surface area contributed by atoms with Gasteiger partial charge in [0, 0.05) is 54.5 Å². The van der Waals surface area contributed by atoms with Gasteiger partial charge >= 0.3 is 5.97 Å². The highest BCUT2D eigenvalue weighted by atomic mass is 19.1. The fourth-order valence-electron chi connectivity index (χ4n) is 5.55. The summed E-state index contributed by atoms with van der Waals surface area (Å²) in [4.78, 5) is 17.5. The number of carboxylic acids is 1. The molecule has 2 heterocycles. The number of benzene rings is 3. The van der Waals surface area contributed by atoms with Gasteiger partial charge in [-0.25, -0.2) is 9.18 Å². The van der Waals surface area contributed by atoms with Crippen molar-refractivity contribution < 1.29 is 14.3 Å². The molecule has 0 aliphatic carbocycles. The van der Waals surface area contributed by atoms with Crippen LogP contribution < -0.4 is 10.6 Å². The number of carboxylic acid groups (broad SMARTS) is 1. The predicted octanol–water partition coefficient (Wildman–Crippen LogP) is 5.62. The predicted molar refractivity (Wildman–Crippen MR) is 144 cm³/mol. The molecule has 6 heteroatoms. The van der Waals surface area contributed by atoms with Gasteiger partial charge in [-0.1, -0.05) is 43.3 Å². The van der Waals surface area contributed by atoms with Gasteiger partial charge in [0.15, 0.2) is 0 Å². The Labute approximate surface area is 210 Å². The number of aliphatic imine (C=N–C) groups is 1. The van der Waals surface area contributed by atoms with Gasteiger partial charge in [0.05, 0.1) is 6.04 Å². The molecule has 1 atom stereocenters. The Hall–Kier alpha value is -4.19. The van der Waals surface area contributed by atoms with Crippen LogP contribution in [0.25, 0.3) is 22.8 Å². The molecule has 36 heavy (non-hydrogen) atoms. The maximum atomic E-state index is 15.9.